The number of hydrogen-bond acceptors (Lipinski definition) is 2. The van der Waals surface area contributed by atoms with Gasteiger partial charge in [0.15, 0.2) is 0 Å². The molecule has 78 valence electrons. The Morgan fingerprint density at radius 3 is 2.43 bits per heavy atom. The van der Waals surface area contributed by atoms with Gasteiger partial charge in [0.1, 0.15) is 5.84 Å². The lowest BCUT2D eigenvalue weighted by molar-refractivity contribution is 1.22. The first-order valence-corrected chi connectivity index (χ1v) is 4.98. The van der Waals surface area contributed by atoms with E-state index in [2.05, 4.69) is 30.6 Å². The SMILES string of the molecule is C=C1C(N)=NC/C1=C/C(C)=C\C.CC. The molecular formula is C12H20N2. The molecule has 1 aliphatic rings. The third kappa shape index (κ3) is 3.21. The minimum Gasteiger partial charge on any atom is -0.384 e. The summed E-state index contributed by atoms with van der Waals surface area (Å²) in [7, 11) is 0. The molecule has 0 bridgehead atoms. The molecule has 0 fully saturated rings. The maximum absolute atomic E-state index is 5.58. The summed E-state index contributed by atoms with van der Waals surface area (Å²) in [5, 5.41) is 0. The summed E-state index contributed by atoms with van der Waals surface area (Å²) < 4.78 is 0. The molecule has 2 N–H and O–H groups in total. The highest BCUT2D eigenvalue weighted by Crippen LogP contribution is 2.17. The Bertz CT molecular complexity index is 293. The zero-order valence-electron chi connectivity index (χ0n) is 9.59. The maximum atomic E-state index is 5.58. The molecular weight excluding hydrogens is 172 g/mol. The predicted molar refractivity (Wildman–Crippen MR) is 64.5 cm³/mol. The quantitative estimate of drug-likeness (QED) is 0.681. The van der Waals surface area contributed by atoms with Crippen LogP contribution in [0.5, 0.6) is 0 Å². The monoisotopic (exact) mass is 192 g/mol. The smallest absolute Gasteiger partial charge is 0.125 e. The average molecular weight is 192 g/mol. The van der Waals surface area contributed by atoms with Crippen molar-refractivity contribution in [2.75, 3.05) is 6.54 Å². The van der Waals surface area contributed by atoms with Crippen molar-refractivity contribution in [1.82, 2.24) is 0 Å². The average Bonchev–Trinajstić information content (AvgIpc) is 2.52. The van der Waals surface area contributed by atoms with E-state index in [1.54, 1.807) is 0 Å². The molecule has 0 aliphatic carbocycles. The van der Waals surface area contributed by atoms with Crippen molar-refractivity contribution in [3.8, 4) is 0 Å². The molecule has 0 radical (unpaired) electrons. The fourth-order valence-corrected chi connectivity index (χ4v) is 1.02. The van der Waals surface area contributed by atoms with Crippen molar-refractivity contribution in [2.24, 2.45) is 10.7 Å². The molecule has 1 aliphatic heterocycles. The third-order valence-corrected chi connectivity index (χ3v) is 1.97. The molecule has 1 rings (SSSR count). The Morgan fingerprint density at radius 1 is 1.50 bits per heavy atom. The number of allylic oxidation sites excluding steroid dienone is 3. The van der Waals surface area contributed by atoms with E-state index in [9.17, 15) is 0 Å². The predicted octanol–water partition coefficient (Wildman–Crippen LogP) is 2.83. The van der Waals surface area contributed by atoms with Crippen LogP contribution >= 0.6 is 0 Å². The molecule has 0 aromatic heterocycles. The van der Waals surface area contributed by atoms with Gasteiger partial charge in [-0.05, 0) is 19.4 Å². The van der Waals surface area contributed by atoms with E-state index in [1.807, 2.05) is 20.8 Å². The summed E-state index contributed by atoms with van der Waals surface area (Å²) in [6.45, 7) is 12.6. The van der Waals surface area contributed by atoms with Crippen LogP contribution in [0.4, 0.5) is 0 Å². The van der Waals surface area contributed by atoms with Crippen molar-refractivity contribution in [1.29, 1.82) is 0 Å². The molecule has 14 heavy (non-hydrogen) atoms. The molecule has 2 heteroatoms. The lowest BCUT2D eigenvalue weighted by Gasteiger charge is -1.98. The Labute approximate surface area is 86.9 Å². The summed E-state index contributed by atoms with van der Waals surface area (Å²) >= 11 is 0. The van der Waals surface area contributed by atoms with Crippen LogP contribution in [0, 0.1) is 0 Å². The second-order valence-electron chi connectivity index (χ2n) is 2.88. The fourth-order valence-electron chi connectivity index (χ4n) is 1.02. The standard InChI is InChI=1S/C10H14N2.C2H6/c1-4-7(2)5-9-6-12-10(11)8(9)3;1-2/h4-5H,3,6H2,1-2H3,(H2,11,12);1-2H3/b7-4-,9-5-;. The van der Waals surface area contributed by atoms with E-state index in [0.717, 1.165) is 11.1 Å². The normalized spacial score (nSPS) is 19.1. The van der Waals surface area contributed by atoms with Gasteiger partial charge in [0.25, 0.3) is 0 Å². The van der Waals surface area contributed by atoms with Crippen LogP contribution in [0.1, 0.15) is 27.7 Å². The Hall–Kier alpha value is -1.31. The number of nitrogens with two attached hydrogens (primary N) is 1. The molecule has 0 spiro atoms. The van der Waals surface area contributed by atoms with Gasteiger partial charge in [-0.1, -0.05) is 38.2 Å². The first-order valence-electron chi connectivity index (χ1n) is 4.98. The molecule has 0 saturated heterocycles. The van der Waals surface area contributed by atoms with Gasteiger partial charge in [0, 0.05) is 5.57 Å². The van der Waals surface area contributed by atoms with Crippen LogP contribution in [-0.2, 0) is 0 Å². The second kappa shape index (κ2) is 6.19. The van der Waals surface area contributed by atoms with Crippen LogP contribution < -0.4 is 5.73 Å². The maximum Gasteiger partial charge on any atom is 0.125 e. The topological polar surface area (TPSA) is 38.4 Å². The summed E-state index contributed by atoms with van der Waals surface area (Å²) in [4.78, 5) is 4.09. The first-order chi connectivity index (χ1) is 6.65. The van der Waals surface area contributed by atoms with Gasteiger partial charge in [-0.25, -0.2) is 0 Å². The van der Waals surface area contributed by atoms with Crippen LogP contribution in [-0.4, -0.2) is 12.4 Å². The minimum atomic E-state index is 0.574. The molecule has 0 saturated carbocycles. The molecule has 0 atom stereocenters. The fraction of sp³-hybridized carbons (Fsp3) is 0.417. The molecule has 0 aromatic rings. The number of hydrogen-bond donors (Lipinski definition) is 1. The molecule has 0 unspecified atom stereocenters. The van der Waals surface area contributed by atoms with Gasteiger partial charge in [-0.2, -0.15) is 0 Å². The van der Waals surface area contributed by atoms with Crippen LogP contribution in [0.15, 0.2) is 40.4 Å². The van der Waals surface area contributed by atoms with E-state index in [-0.39, 0.29) is 0 Å². The highest BCUT2D eigenvalue weighted by atomic mass is 14.9. The zero-order valence-corrected chi connectivity index (χ0v) is 9.59. The van der Waals surface area contributed by atoms with Gasteiger partial charge in [0.05, 0.1) is 6.54 Å². The van der Waals surface area contributed by atoms with E-state index >= 15 is 0 Å². The highest BCUT2D eigenvalue weighted by Gasteiger charge is 2.12. The number of amidine groups is 1. The van der Waals surface area contributed by atoms with Crippen molar-refractivity contribution >= 4 is 5.84 Å². The van der Waals surface area contributed by atoms with E-state index in [4.69, 9.17) is 5.73 Å². The summed E-state index contributed by atoms with van der Waals surface area (Å²) in [6, 6.07) is 0. The Morgan fingerprint density at radius 2 is 2.07 bits per heavy atom. The first kappa shape index (κ1) is 12.7. The summed E-state index contributed by atoms with van der Waals surface area (Å²) in [6.07, 6.45) is 4.13. The lowest BCUT2D eigenvalue weighted by atomic mass is 10.1. The molecule has 0 amide bonds. The van der Waals surface area contributed by atoms with Crippen molar-refractivity contribution in [3.63, 3.8) is 0 Å². The van der Waals surface area contributed by atoms with Crippen LogP contribution in [0.25, 0.3) is 0 Å². The minimum absolute atomic E-state index is 0.574. The van der Waals surface area contributed by atoms with E-state index in [0.29, 0.717) is 12.4 Å². The van der Waals surface area contributed by atoms with Gasteiger partial charge in [-0.15, -0.1) is 0 Å². The number of nitrogens with zero attached hydrogens (tertiary/aromatic N) is 1. The third-order valence-electron chi connectivity index (χ3n) is 1.97. The number of aliphatic imine (C=N–C) groups is 1. The summed E-state index contributed by atoms with van der Waals surface area (Å²) in [5.74, 6) is 0.574. The van der Waals surface area contributed by atoms with Gasteiger partial charge < -0.3 is 5.73 Å². The molecule has 0 aromatic carbocycles. The van der Waals surface area contributed by atoms with Crippen molar-refractivity contribution in [3.05, 3.63) is 35.5 Å². The molecule has 2 nitrogen and oxygen atoms in total. The summed E-state index contributed by atoms with van der Waals surface area (Å²) in [5.41, 5.74) is 8.79. The number of rotatable bonds is 1. The van der Waals surface area contributed by atoms with Gasteiger partial charge in [-0.3, -0.25) is 4.99 Å². The van der Waals surface area contributed by atoms with E-state index in [1.165, 1.54) is 5.57 Å². The van der Waals surface area contributed by atoms with Crippen LogP contribution in [0.2, 0.25) is 0 Å². The van der Waals surface area contributed by atoms with E-state index < -0.39 is 0 Å². The highest BCUT2D eigenvalue weighted by molar-refractivity contribution is 6.03. The van der Waals surface area contributed by atoms with Gasteiger partial charge >= 0.3 is 0 Å². The zero-order chi connectivity index (χ0) is 11.1. The lowest BCUT2D eigenvalue weighted by Crippen LogP contribution is -2.09. The van der Waals surface area contributed by atoms with Crippen LogP contribution in [0.3, 0.4) is 0 Å². The van der Waals surface area contributed by atoms with Gasteiger partial charge in [0.2, 0.25) is 0 Å². The van der Waals surface area contributed by atoms with Crippen molar-refractivity contribution < 1.29 is 0 Å². The Balaban J connectivity index is 0.000000791. The van der Waals surface area contributed by atoms with Crippen molar-refractivity contribution in [2.45, 2.75) is 27.7 Å². The molecule has 1 heterocycles. The largest absolute Gasteiger partial charge is 0.384 e. The Kier molecular flexibility index (Phi) is 5.61. The second-order valence-corrected chi connectivity index (χ2v) is 2.88.